The van der Waals surface area contributed by atoms with Crippen LogP contribution in [0.5, 0.6) is 46.0 Å². The number of aromatic hydroxyl groups is 3. The standard InChI is InChI=1S/C25H36NO8P.C23H32NO7P.C23H31NO7.C22H30NO7P.C4H11OP.2CH4/c1-17(6-8-21(27)32-14-11-26-9-12-31-13-10-26)5-7-19-23(28)22-20(15-33-25(22)29)18(2)24(19)34-16-35(3,4)30;1-15(5-7-19(25)29-13-10-24-8-11-28-12-9-24)4-6-17-21(27-3)16(2)18-14-30-23(26)20(18)22(17)31-32;1-15(5-7-19(25)30-13-10-24-8-11-29-12-9-24)4-6-17-21(26)20-18(14-31-23(20)27)16(2)22(17)28-3;1-14(4-6-18(24)28-12-9-23-7-10-27-11-8-23)3-5-16-20(25)15(2)17-13-29-22(26)19(17)21(16)30-31;1-4-6(2,3)5;;/h5,28H,6-16H2,1-4H3;4H,5-14,32H2,1-3H3;4,26H,5-14H2,1-3H3;3,25H,4-13,31H2,1-2H3;4H2,1-3H3;2*1H4/p+1/b17-5+;2*15-4+;14-3+;;;. The summed E-state index contributed by atoms with van der Waals surface area (Å²) in [5, 5.41) is 32.2. The average molecular weight is 2000 g/mol. The predicted molar refractivity (Wildman–Crippen MR) is 527 cm³/mol. The number of esters is 8. The Balaban J connectivity index is 0.000000273. The number of hydrogen-bond acceptors (Lipinski definition) is 33. The Morgan fingerprint density at radius 2 is 0.686 bits per heavy atom. The lowest BCUT2D eigenvalue weighted by Crippen LogP contribution is -3.14. The number of methoxy groups -OCH3 is 2. The molecule has 2 atom stereocenters. The van der Waals surface area contributed by atoms with Crippen molar-refractivity contribution in [3.63, 3.8) is 0 Å². The van der Waals surface area contributed by atoms with Crippen LogP contribution in [-0.2, 0) is 137 Å². The number of carbonyl (C=O) groups excluding carboxylic acids is 8. The van der Waals surface area contributed by atoms with Crippen molar-refractivity contribution in [2.75, 3.05) is 211 Å². The number of benzene rings is 4. The fraction of sp³-hybridized carbons (Fsp3) is 0.596. The number of quaternary nitrogens is 1. The number of fused-ring (bicyclic) bond motifs is 4. The van der Waals surface area contributed by atoms with Crippen molar-refractivity contribution in [2.24, 2.45) is 0 Å². The molecule has 4 N–H and O–H groups in total. The summed E-state index contributed by atoms with van der Waals surface area (Å²) in [4.78, 5) is 105. The summed E-state index contributed by atoms with van der Waals surface area (Å²) in [5.74, 6) is -0.514. The number of allylic oxidation sites excluding steroid dienone is 8. The zero-order valence-corrected chi connectivity index (χ0v) is 85.4. The number of nitrogens with one attached hydrogen (secondary N) is 1. The van der Waals surface area contributed by atoms with Gasteiger partial charge >= 0.3 is 47.8 Å². The van der Waals surface area contributed by atoms with Gasteiger partial charge in [-0.25, -0.2) is 19.2 Å². The Bertz CT molecular complexity index is 4950. The third-order valence-corrected chi connectivity index (χ3v) is 27.2. The molecular formula is C99H149N4O30P4+. The van der Waals surface area contributed by atoms with Crippen molar-refractivity contribution >= 4 is 81.0 Å². The second kappa shape index (κ2) is 58.3. The van der Waals surface area contributed by atoms with Crippen molar-refractivity contribution in [2.45, 2.75) is 181 Å². The molecule has 12 rings (SSSR count). The van der Waals surface area contributed by atoms with Gasteiger partial charge in [0.1, 0.15) is 154 Å². The van der Waals surface area contributed by atoms with Crippen molar-refractivity contribution < 1.29 is 148 Å². The van der Waals surface area contributed by atoms with Gasteiger partial charge in [0.25, 0.3) is 0 Å². The van der Waals surface area contributed by atoms with E-state index < -0.39 is 32.2 Å². The fourth-order valence-corrected chi connectivity index (χ4v) is 16.7. The molecular weight excluding hydrogens is 1850 g/mol. The molecule has 0 bridgehead atoms. The molecule has 38 heteroatoms. The first-order valence-corrected chi connectivity index (χ1v) is 52.5. The van der Waals surface area contributed by atoms with E-state index >= 15 is 0 Å². The quantitative estimate of drug-likeness (QED) is 0.0139. The van der Waals surface area contributed by atoms with E-state index in [1.54, 1.807) is 54.7 Å². The summed E-state index contributed by atoms with van der Waals surface area (Å²) >= 11 is 0. The van der Waals surface area contributed by atoms with E-state index in [1.807, 2.05) is 72.8 Å². The fourth-order valence-electron chi connectivity index (χ4n) is 15.8. The van der Waals surface area contributed by atoms with Gasteiger partial charge in [-0.15, -0.1) is 0 Å². The molecule has 137 heavy (non-hydrogen) atoms. The largest absolute Gasteiger partial charge is 0.507 e. The minimum absolute atomic E-state index is 0. The average Bonchev–Trinajstić information content (AvgIpc) is 1.44. The van der Waals surface area contributed by atoms with E-state index in [0.29, 0.717) is 181 Å². The van der Waals surface area contributed by atoms with E-state index in [-0.39, 0.29) is 112 Å². The summed E-state index contributed by atoms with van der Waals surface area (Å²) in [6.45, 7) is 42.0. The van der Waals surface area contributed by atoms with Crippen molar-refractivity contribution in [1.29, 1.82) is 0 Å². The number of hydrogen-bond donors (Lipinski definition) is 4. The summed E-state index contributed by atoms with van der Waals surface area (Å²) in [6, 6.07) is 0. The zero-order valence-electron chi connectivity index (χ0n) is 81.3. The Hall–Kier alpha value is -9.00. The van der Waals surface area contributed by atoms with Crippen LogP contribution in [0, 0.1) is 27.7 Å². The number of rotatable bonds is 40. The topological polar surface area (TPSA) is 402 Å². The molecule has 8 aliphatic rings. The maximum Gasteiger partial charge on any atom is 0.342 e. The molecule has 0 spiro atoms. The van der Waals surface area contributed by atoms with Crippen molar-refractivity contribution in [3.8, 4) is 46.0 Å². The first-order chi connectivity index (χ1) is 64.4. The minimum Gasteiger partial charge on any atom is -0.507 e. The van der Waals surface area contributed by atoms with Gasteiger partial charge in [-0.1, -0.05) is 68.4 Å². The highest BCUT2D eigenvalue weighted by Crippen LogP contribution is 2.48. The molecule has 4 saturated heterocycles. The lowest BCUT2D eigenvalue weighted by Gasteiger charge is -2.26. The summed E-state index contributed by atoms with van der Waals surface area (Å²) in [7, 11) is 3.36. The van der Waals surface area contributed by atoms with Gasteiger partial charge in [0.2, 0.25) is 0 Å². The lowest BCUT2D eigenvalue weighted by molar-refractivity contribution is -0.908. The van der Waals surface area contributed by atoms with Crippen LogP contribution >= 0.6 is 33.2 Å². The monoisotopic (exact) mass is 2000 g/mol. The second-order valence-corrected chi connectivity index (χ2v) is 42.7. The molecule has 0 aromatic heterocycles. The van der Waals surface area contributed by atoms with Crippen LogP contribution in [0.4, 0.5) is 0 Å². The Morgan fingerprint density at radius 1 is 0.401 bits per heavy atom. The summed E-state index contributed by atoms with van der Waals surface area (Å²) in [6.07, 6.45) is 13.6. The van der Waals surface area contributed by atoms with Gasteiger partial charge in [0.15, 0.2) is 0 Å². The van der Waals surface area contributed by atoms with Crippen LogP contribution in [0.15, 0.2) is 46.6 Å². The van der Waals surface area contributed by atoms with Crippen LogP contribution in [0.25, 0.3) is 0 Å². The smallest absolute Gasteiger partial charge is 0.342 e. The molecule has 4 fully saturated rings. The molecule has 764 valence electrons. The van der Waals surface area contributed by atoms with Gasteiger partial charge in [-0.2, -0.15) is 0 Å². The van der Waals surface area contributed by atoms with Gasteiger partial charge in [0, 0.05) is 129 Å². The Kier molecular flexibility index (Phi) is 49.6. The number of morpholine rings is 4. The molecule has 4 aromatic rings. The molecule has 0 saturated carbocycles. The molecule has 4 aromatic carbocycles. The van der Waals surface area contributed by atoms with E-state index in [1.165, 1.54) is 4.90 Å². The molecule has 34 nitrogen and oxygen atoms in total. The second-order valence-electron chi connectivity index (χ2n) is 35.1. The lowest BCUT2D eigenvalue weighted by atomic mass is 9.94. The van der Waals surface area contributed by atoms with E-state index in [9.17, 15) is 62.8 Å². The normalized spacial score (nSPS) is 16.2. The van der Waals surface area contributed by atoms with Crippen LogP contribution in [0.1, 0.15) is 209 Å². The predicted octanol–water partition coefficient (Wildman–Crippen LogP) is 13.2. The van der Waals surface area contributed by atoms with Gasteiger partial charge < -0.3 is 109 Å². The van der Waals surface area contributed by atoms with Crippen molar-refractivity contribution in [3.05, 3.63) is 136 Å². The summed E-state index contributed by atoms with van der Waals surface area (Å²) < 4.78 is 114. The molecule has 2 unspecified atom stereocenters. The first-order valence-electron chi connectivity index (χ1n) is 46.0. The van der Waals surface area contributed by atoms with E-state index in [4.69, 9.17) is 80.1 Å². The van der Waals surface area contributed by atoms with Crippen LogP contribution in [0.2, 0.25) is 0 Å². The number of cyclic esters (lactones) is 4. The SMILES string of the molecule is C.C.C/C(=C\Cc1c(O)c(C)c2c(c1OP)C(=O)OC2)CCC(=O)OCCN1CCOCC1.C/C(=C\Cc1c(O)c2c(c(C)c1OCP(C)(C)=O)COC2=O)CCC(=O)OCC[NH+]1CCOCC1.CCP(C)(C)=O.COc1c(C)c2c(c(O)c1C/C=C(\C)CCC(=O)OCCN1CCOCC1)C(=O)OC2.COc1c(C)c2c(c(OP)c1C/C=C(\C)CCC(=O)OCCN1CCOCC1)C(=O)OC2. The van der Waals surface area contributed by atoms with Crippen LogP contribution < -0.4 is 28.2 Å². The van der Waals surface area contributed by atoms with Gasteiger partial charge in [-0.3, -0.25) is 33.9 Å². The number of phenols is 3. The van der Waals surface area contributed by atoms with E-state index in [0.717, 1.165) is 182 Å². The van der Waals surface area contributed by atoms with E-state index in [2.05, 4.69) is 33.6 Å². The maximum absolute atomic E-state index is 12.2. The highest BCUT2D eigenvalue weighted by atomic mass is 31.2. The van der Waals surface area contributed by atoms with Gasteiger partial charge in [-0.05, 0) is 162 Å². The number of carbonyl (C=O) groups is 8. The summed E-state index contributed by atoms with van der Waals surface area (Å²) in [5.41, 5.74) is 13.2. The maximum atomic E-state index is 12.2. The molecule has 8 aliphatic heterocycles. The molecule has 8 heterocycles. The van der Waals surface area contributed by atoms with Gasteiger partial charge in [0.05, 0.1) is 93.2 Å². The Morgan fingerprint density at radius 3 is 1.02 bits per heavy atom. The molecule has 0 amide bonds. The molecule has 0 radical (unpaired) electrons. The zero-order chi connectivity index (χ0) is 98.6. The van der Waals surface area contributed by atoms with Crippen LogP contribution in [-0.4, -0.2) is 289 Å². The first kappa shape index (κ1) is 117. The number of phenolic OH excluding ortho intramolecular Hbond substituents is 3. The minimum atomic E-state index is -2.47. The third-order valence-electron chi connectivity index (χ3n) is 24.4. The highest BCUT2D eigenvalue weighted by molar-refractivity contribution is 7.62. The van der Waals surface area contributed by atoms with Crippen molar-refractivity contribution in [1.82, 2.24) is 14.7 Å². The van der Waals surface area contributed by atoms with Crippen LogP contribution in [0.3, 0.4) is 0 Å². The Labute approximate surface area is 812 Å². The third kappa shape index (κ3) is 35.6. The number of ether oxygens (including phenoxy) is 15. The molecule has 0 aliphatic carbocycles. The highest BCUT2D eigenvalue weighted by Gasteiger charge is 2.38. The number of nitrogens with zero attached hydrogens (tertiary/aromatic N) is 3.